The van der Waals surface area contributed by atoms with Gasteiger partial charge in [-0.05, 0) is 13.8 Å². The van der Waals surface area contributed by atoms with Gasteiger partial charge >= 0.3 is 0 Å². The molecule has 1 aromatic carbocycles. The normalized spacial score (nSPS) is 12.6. The van der Waals surface area contributed by atoms with Crippen LogP contribution in [0.3, 0.4) is 0 Å². The minimum absolute atomic E-state index is 0.100. The Hall–Kier alpha value is -2.90. The summed E-state index contributed by atoms with van der Waals surface area (Å²) in [6, 6.07) is 4.71. The second-order valence-electron chi connectivity index (χ2n) is 6.10. The highest BCUT2D eigenvalue weighted by atomic mass is 19.3. The van der Waals surface area contributed by atoms with Crippen LogP contribution < -0.4 is 10.9 Å². The van der Waals surface area contributed by atoms with Gasteiger partial charge in [0.05, 0.1) is 17.3 Å². The lowest BCUT2D eigenvalue weighted by atomic mass is 10.0. The molecule has 0 amide bonds. The molecule has 2 heterocycles. The van der Waals surface area contributed by atoms with Crippen LogP contribution in [0.1, 0.15) is 36.2 Å². The predicted molar refractivity (Wildman–Crippen MR) is 92.9 cm³/mol. The van der Waals surface area contributed by atoms with Crippen LogP contribution in [0, 0.1) is 12.7 Å². The molecule has 2 aromatic heterocycles. The van der Waals surface area contributed by atoms with Crippen molar-refractivity contribution in [1.82, 2.24) is 14.8 Å². The Balaban J connectivity index is 2.05. The quantitative estimate of drug-likeness (QED) is 0.765. The van der Waals surface area contributed by atoms with Crippen molar-refractivity contribution in [2.24, 2.45) is 7.05 Å². The van der Waals surface area contributed by atoms with Gasteiger partial charge in [-0.15, -0.1) is 5.10 Å². The van der Waals surface area contributed by atoms with Gasteiger partial charge < -0.3 is 9.88 Å². The van der Waals surface area contributed by atoms with Crippen molar-refractivity contribution in [2.75, 3.05) is 5.32 Å². The van der Waals surface area contributed by atoms with Crippen molar-refractivity contribution in [3.05, 3.63) is 63.5 Å². The monoisotopic (exact) mass is 362 g/mol. The number of fused-ring (bicyclic) bond motifs is 1. The minimum atomic E-state index is -2.89. The van der Waals surface area contributed by atoms with Crippen LogP contribution in [0.4, 0.5) is 19.0 Å². The number of nitrogens with zero attached hydrogens (tertiary/aromatic N) is 3. The van der Waals surface area contributed by atoms with E-state index in [9.17, 15) is 18.0 Å². The number of hydrogen-bond acceptors (Lipinski definition) is 4. The lowest BCUT2D eigenvalue weighted by molar-refractivity contribution is 0.146. The summed E-state index contributed by atoms with van der Waals surface area (Å²) in [6.07, 6.45) is -1.28. The van der Waals surface area contributed by atoms with Crippen molar-refractivity contribution in [3.63, 3.8) is 0 Å². The minimum Gasteiger partial charge on any atom is -0.361 e. The number of pyridine rings is 1. The summed E-state index contributed by atoms with van der Waals surface area (Å²) in [4.78, 5) is 11.9. The van der Waals surface area contributed by atoms with Crippen LogP contribution >= 0.6 is 0 Å². The molecule has 1 N–H and O–H groups in total. The first kappa shape index (κ1) is 17.9. The smallest absolute Gasteiger partial charge is 0.266 e. The molecule has 0 bridgehead atoms. The standard InChI is InChI=1S/C18H17F3N4O/c1-9(11-5-4-6-12(16(11)19)17(20)21)22-18-14-8-25(3)15(26)7-13(14)10(2)23-24-18/h4-9,17H,1-3H3,(H,22,24)/t9-/m1/s1. The fourth-order valence-corrected chi connectivity index (χ4v) is 2.81. The third kappa shape index (κ3) is 3.14. The van der Waals surface area contributed by atoms with Gasteiger partial charge in [-0.25, -0.2) is 13.2 Å². The summed E-state index contributed by atoms with van der Waals surface area (Å²) in [6.45, 7) is 3.37. The molecule has 0 saturated heterocycles. The molecule has 0 saturated carbocycles. The molecule has 0 spiro atoms. The zero-order valence-corrected chi connectivity index (χ0v) is 14.4. The Kier molecular flexibility index (Phi) is 4.67. The Labute approximate surface area is 147 Å². The Morgan fingerprint density at radius 2 is 1.85 bits per heavy atom. The van der Waals surface area contributed by atoms with E-state index in [0.717, 1.165) is 6.07 Å². The lowest BCUT2D eigenvalue weighted by Gasteiger charge is -2.18. The number of rotatable bonds is 4. The van der Waals surface area contributed by atoms with Crippen LogP contribution in [-0.4, -0.2) is 14.8 Å². The average Bonchev–Trinajstić information content (AvgIpc) is 2.59. The first-order valence-corrected chi connectivity index (χ1v) is 7.96. The molecular weight excluding hydrogens is 345 g/mol. The summed E-state index contributed by atoms with van der Waals surface area (Å²) in [7, 11) is 1.61. The van der Waals surface area contributed by atoms with Crippen LogP contribution in [0.25, 0.3) is 10.8 Å². The van der Waals surface area contributed by atoms with Gasteiger partial charge in [0.25, 0.3) is 12.0 Å². The molecule has 0 aliphatic heterocycles. The Morgan fingerprint density at radius 1 is 1.15 bits per heavy atom. The molecule has 0 aliphatic carbocycles. The second kappa shape index (κ2) is 6.78. The highest BCUT2D eigenvalue weighted by molar-refractivity contribution is 5.92. The largest absolute Gasteiger partial charge is 0.361 e. The summed E-state index contributed by atoms with van der Waals surface area (Å²) >= 11 is 0. The van der Waals surface area contributed by atoms with Gasteiger partial charge in [0, 0.05) is 35.6 Å². The number of alkyl halides is 2. The highest BCUT2D eigenvalue weighted by Gasteiger charge is 2.20. The maximum absolute atomic E-state index is 14.4. The fourth-order valence-electron chi connectivity index (χ4n) is 2.81. The topological polar surface area (TPSA) is 59.8 Å². The first-order valence-electron chi connectivity index (χ1n) is 7.96. The van der Waals surface area contributed by atoms with Gasteiger partial charge in [0.15, 0.2) is 5.82 Å². The molecule has 136 valence electrons. The van der Waals surface area contributed by atoms with Gasteiger partial charge in [-0.1, -0.05) is 18.2 Å². The third-order valence-electron chi connectivity index (χ3n) is 4.29. The van der Waals surface area contributed by atoms with Crippen molar-refractivity contribution in [1.29, 1.82) is 0 Å². The molecular formula is C18H17F3N4O. The highest BCUT2D eigenvalue weighted by Crippen LogP contribution is 2.30. The van der Waals surface area contributed by atoms with E-state index in [1.807, 2.05) is 0 Å². The SMILES string of the molecule is Cc1nnc(N[C@H](C)c2cccc(C(F)F)c2F)c2cn(C)c(=O)cc12. The first-order chi connectivity index (χ1) is 12.3. The number of benzene rings is 1. The Bertz CT molecular complexity index is 1030. The average molecular weight is 362 g/mol. The number of aromatic nitrogens is 3. The lowest BCUT2D eigenvalue weighted by Crippen LogP contribution is -2.17. The van der Waals surface area contributed by atoms with E-state index in [1.165, 1.54) is 22.8 Å². The molecule has 1 atom stereocenters. The molecule has 0 radical (unpaired) electrons. The van der Waals surface area contributed by atoms with E-state index in [-0.39, 0.29) is 11.1 Å². The molecule has 0 fully saturated rings. The number of anilines is 1. The number of aryl methyl sites for hydroxylation is 2. The molecule has 26 heavy (non-hydrogen) atoms. The zero-order valence-electron chi connectivity index (χ0n) is 14.4. The fraction of sp³-hybridized carbons (Fsp3) is 0.278. The summed E-state index contributed by atoms with van der Waals surface area (Å²) in [5.74, 6) is -0.602. The maximum Gasteiger partial charge on any atom is 0.266 e. The third-order valence-corrected chi connectivity index (χ3v) is 4.29. The zero-order chi connectivity index (χ0) is 19.0. The predicted octanol–water partition coefficient (Wildman–Crippen LogP) is 3.89. The van der Waals surface area contributed by atoms with E-state index in [0.29, 0.717) is 22.3 Å². The van der Waals surface area contributed by atoms with Crippen LogP contribution in [-0.2, 0) is 7.05 Å². The maximum atomic E-state index is 14.4. The van der Waals surface area contributed by atoms with Crippen LogP contribution in [0.5, 0.6) is 0 Å². The van der Waals surface area contributed by atoms with E-state index in [4.69, 9.17) is 0 Å². The van der Waals surface area contributed by atoms with Crippen molar-refractivity contribution < 1.29 is 13.2 Å². The van der Waals surface area contributed by atoms with E-state index < -0.39 is 23.8 Å². The van der Waals surface area contributed by atoms with Crippen molar-refractivity contribution in [2.45, 2.75) is 26.3 Å². The second-order valence-corrected chi connectivity index (χ2v) is 6.10. The van der Waals surface area contributed by atoms with Gasteiger partial charge in [-0.2, -0.15) is 5.10 Å². The molecule has 0 unspecified atom stereocenters. The van der Waals surface area contributed by atoms with Crippen molar-refractivity contribution >= 4 is 16.6 Å². The molecule has 5 nitrogen and oxygen atoms in total. The summed E-state index contributed by atoms with van der Waals surface area (Å²) in [5.41, 5.74) is -0.147. The van der Waals surface area contributed by atoms with Gasteiger partial charge in [0.2, 0.25) is 0 Å². The van der Waals surface area contributed by atoms with Crippen LogP contribution in [0.2, 0.25) is 0 Å². The van der Waals surface area contributed by atoms with E-state index in [1.54, 1.807) is 27.1 Å². The number of nitrogens with one attached hydrogen (secondary N) is 1. The van der Waals surface area contributed by atoms with E-state index >= 15 is 0 Å². The van der Waals surface area contributed by atoms with Crippen molar-refractivity contribution in [3.8, 4) is 0 Å². The van der Waals surface area contributed by atoms with Gasteiger partial charge in [0.1, 0.15) is 5.82 Å². The summed E-state index contributed by atoms with van der Waals surface area (Å²) < 4.78 is 41.6. The van der Waals surface area contributed by atoms with E-state index in [2.05, 4.69) is 15.5 Å². The molecule has 3 rings (SSSR count). The molecule has 8 heteroatoms. The molecule has 0 aliphatic rings. The van der Waals surface area contributed by atoms with Gasteiger partial charge in [-0.3, -0.25) is 4.79 Å². The van der Waals surface area contributed by atoms with Crippen LogP contribution in [0.15, 0.2) is 35.3 Å². The number of halogens is 3. The Morgan fingerprint density at radius 3 is 2.54 bits per heavy atom. The summed E-state index contributed by atoms with van der Waals surface area (Å²) in [5, 5.41) is 12.4. The number of hydrogen-bond donors (Lipinski definition) is 1. The molecule has 3 aromatic rings.